The van der Waals surface area contributed by atoms with Crippen LogP contribution in [0.25, 0.3) is 26.1 Å². The Labute approximate surface area is 248 Å². The number of nitrogens with one attached hydrogen (secondary N) is 1. The molecule has 2 fully saturated rings. The molecule has 1 saturated heterocycles. The number of carbonyl (C=O) groups excluding carboxylic acids is 1. The number of aromatic nitrogens is 4. The molecule has 5 aromatic rings. The van der Waals surface area contributed by atoms with Gasteiger partial charge in [-0.15, -0.1) is 11.3 Å². The summed E-state index contributed by atoms with van der Waals surface area (Å²) in [6.07, 6.45) is 11.1. The normalized spacial score (nSPS) is 17.2. The Morgan fingerprint density at radius 1 is 0.976 bits per heavy atom. The average molecular weight is 582 g/mol. The van der Waals surface area contributed by atoms with Crippen LogP contribution in [0.1, 0.15) is 60.3 Å². The lowest BCUT2D eigenvalue weighted by molar-refractivity contribution is 0.0951. The molecule has 1 aliphatic heterocycles. The molecule has 0 bridgehead atoms. The molecule has 1 amide bonds. The van der Waals surface area contributed by atoms with Crippen molar-refractivity contribution < 1.29 is 4.79 Å². The fourth-order valence-corrected chi connectivity index (χ4v) is 7.68. The zero-order chi connectivity index (χ0) is 28.6. The molecule has 1 N–H and O–H groups in total. The fourth-order valence-electron chi connectivity index (χ4n) is 6.50. The van der Waals surface area contributed by atoms with Crippen LogP contribution in [0.2, 0.25) is 0 Å². The van der Waals surface area contributed by atoms with E-state index in [2.05, 4.69) is 25.1 Å². The first kappa shape index (κ1) is 27.0. The van der Waals surface area contributed by atoms with Gasteiger partial charge >= 0.3 is 0 Å². The average Bonchev–Trinajstić information content (AvgIpc) is 3.22. The Kier molecular flexibility index (Phi) is 7.33. The summed E-state index contributed by atoms with van der Waals surface area (Å²) >= 11 is 1.44. The van der Waals surface area contributed by atoms with Gasteiger partial charge in [-0.3, -0.25) is 28.9 Å². The number of nitrogens with zero attached hydrogens (tertiary/aromatic N) is 6. The Hall–Kier alpha value is -3.89. The van der Waals surface area contributed by atoms with Crippen molar-refractivity contribution in [3.63, 3.8) is 0 Å². The van der Waals surface area contributed by atoms with Gasteiger partial charge in [0.05, 0.1) is 39.7 Å². The summed E-state index contributed by atoms with van der Waals surface area (Å²) in [5, 5.41) is 3.34. The SMILES string of the molecule is Cc1cnc(CNC(=O)c2c(=O)c3ccc(N4CCCN(C5CCCCC5)CC4)nc3n3c2sc2ccccc23)cn1. The Bertz CT molecular complexity index is 1820. The van der Waals surface area contributed by atoms with Crippen molar-refractivity contribution in [2.45, 2.75) is 58.0 Å². The van der Waals surface area contributed by atoms with Crippen molar-refractivity contribution >= 4 is 49.1 Å². The number of pyridine rings is 2. The van der Waals surface area contributed by atoms with E-state index in [0.717, 1.165) is 54.3 Å². The van der Waals surface area contributed by atoms with E-state index >= 15 is 0 Å². The maximum atomic E-state index is 13.9. The predicted octanol–water partition coefficient (Wildman–Crippen LogP) is 4.94. The largest absolute Gasteiger partial charge is 0.355 e. The van der Waals surface area contributed by atoms with E-state index in [1.165, 1.54) is 43.4 Å². The highest BCUT2D eigenvalue weighted by atomic mass is 32.1. The topological polar surface area (TPSA) is 95.7 Å². The van der Waals surface area contributed by atoms with Crippen LogP contribution < -0.4 is 15.6 Å². The Balaban J connectivity index is 1.26. The number of carbonyl (C=O) groups is 1. The summed E-state index contributed by atoms with van der Waals surface area (Å²) in [5.74, 6) is 0.458. The molecular formula is C32H35N7O2S. The minimum absolute atomic E-state index is 0.135. The van der Waals surface area contributed by atoms with Crippen LogP contribution in [0.15, 0.2) is 53.6 Å². The third-order valence-electron chi connectivity index (χ3n) is 8.71. The molecule has 1 aromatic carbocycles. The van der Waals surface area contributed by atoms with Gasteiger partial charge in [0.15, 0.2) is 5.65 Å². The van der Waals surface area contributed by atoms with E-state index in [1.807, 2.05) is 47.7 Å². The maximum absolute atomic E-state index is 13.9. The van der Waals surface area contributed by atoms with Crippen molar-refractivity contribution in [3.05, 3.63) is 76.0 Å². The first-order chi connectivity index (χ1) is 20.6. The van der Waals surface area contributed by atoms with E-state index in [9.17, 15) is 9.59 Å². The third-order valence-corrected chi connectivity index (χ3v) is 9.86. The number of anilines is 1. The first-order valence-corrected chi connectivity index (χ1v) is 15.8. The lowest BCUT2D eigenvalue weighted by Gasteiger charge is -2.33. The molecule has 0 unspecified atom stereocenters. The molecule has 10 heteroatoms. The van der Waals surface area contributed by atoms with Gasteiger partial charge in [-0.2, -0.15) is 0 Å². The number of aryl methyl sites for hydroxylation is 1. The highest BCUT2D eigenvalue weighted by Crippen LogP contribution is 2.32. The fraction of sp³-hybridized carbons (Fsp3) is 0.406. The van der Waals surface area contributed by atoms with E-state index in [1.54, 1.807) is 12.4 Å². The predicted molar refractivity (Wildman–Crippen MR) is 168 cm³/mol. The molecule has 4 aromatic heterocycles. The number of benzene rings is 1. The monoisotopic (exact) mass is 581 g/mol. The molecule has 216 valence electrons. The van der Waals surface area contributed by atoms with E-state index in [4.69, 9.17) is 4.98 Å². The highest BCUT2D eigenvalue weighted by molar-refractivity contribution is 7.24. The van der Waals surface area contributed by atoms with Gasteiger partial charge in [0.2, 0.25) is 5.43 Å². The number of hydrogen-bond acceptors (Lipinski definition) is 8. The Morgan fingerprint density at radius 3 is 2.67 bits per heavy atom. The summed E-state index contributed by atoms with van der Waals surface area (Å²) in [4.78, 5) is 46.8. The number of para-hydroxylation sites is 1. The number of fused-ring (bicyclic) bond motifs is 5. The lowest BCUT2D eigenvalue weighted by atomic mass is 9.94. The summed E-state index contributed by atoms with van der Waals surface area (Å²) in [6, 6.07) is 12.5. The summed E-state index contributed by atoms with van der Waals surface area (Å²) in [5.41, 5.74) is 2.80. The minimum Gasteiger partial charge on any atom is -0.355 e. The van der Waals surface area contributed by atoms with Crippen LogP contribution >= 0.6 is 11.3 Å². The molecule has 0 spiro atoms. The van der Waals surface area contributed by atoms with Gasteiger partial charge in [0, 0.05) is 38.4 Å². The third kappa shape index (κ3) is 5.03. The van der Waals surface area contributed by atoms with Crippen LogP contribution in [0.3, 0.4) is 0 Å². The van der Waals surface area contributed by atoms with Gasteiger partial charge in [-0.05, 0) is 50.5 Å². The number of hydrogen-bond donors (Lipinski definition) is 1. The van der Waals surface area contributed by atoms with Crippen LogP contribution in [0.4, 0.5) is 5.82 Å². The Morgan fingerprint density at radius 2 is 1.83 bits per heavy atom. The minimum atomic E-state index is -0.423. The molecule has 0 radical (unpaired) electrons. The van der Waals surface area contributed by atoms with Gasteiger partial charge < -0.3 is 10.2 Å². The number of thiazole rings is 1. The van der Waals surface area contributed by atoms with Crippen LogP contribution in [-0.2, 0) is 6.54 Å². The zero-order valence-corrected chi connectivity index (χ0v) is 24.7. The summed E-state index contributed by atoms with van der Waals surface area (Å²) < 4.78 is 2.99. The summed E-state index contributed by atoms with van der Waals surface area (Å²) in [6.45, 7) is 6.06. The zero-order valence-electron chi connectivity index (χ0n) is 23.9. The second-order valence-corrected chi connectivity index (χ2v) is 12.5. The quantitative estimate of drug-likeness (QED) is 0.314. The van der Waals surface area contributed by atoms with Crippen LogP contribution in [-0.4, -0.2) is 62.4 Å². The first-order valence-electron chi connectivity index (χ1n) is 15.0. The molecule has 5 heterocycles. The van der Waals surface area contributed by atoms with Crippen LogP contribution in [0.5, 0.6) is 0 Å². The molecular weight excluding hydrogens is 546 g/mol. The van der Waals surface area contributed by atoms with Crippen LogP contribution in [0, 0.1) is 6.92 Å². The van der Waals surface area contributed by atoms with E-state index in [-0.39, 0.29) is 17.5 Å². The molecule has 42 heavy (non-hydrogen) atoms. The molecule has 9 nitrogen and oxygen atoms in total. The molecule has 1 saturated carbocycles. The van der Waals surface area contributed by atoms with Crippen molar-refractivity contribution in [3.8, 4) is 0 Å². The van der Waals surface area contributed by atoms with Gasteiger partial charge in [0.1, 0.15) is 16.2 Å². The smallest absolute Gasteiger partial charge is 0.258 e. The van der Waals surface area contributed by atoms with Gasteiger partial charge in [-0.1, -0.05) is 31.4 Å². The standard InChI is InChI=1S/C32H35N7O2S/c1-21-18-34-22(19-33-21)20-35-31(41)28-29(40)24-12-13-27(36-30(24)39-25-10-5-6-11-26(25)42-32(28)39)38-15-7-14-37(16-17-38)23-8-3-2-4-9-23/h5-6,10-13,18-19,23H,2-4,7-9,14-17,20H2,1H3,(H,35,41). The van der Waals surface area contributed by atoms with E-state index < -0.39 is 5.91 Å². The molecule has 0 atom stereocenters. The molecule has 7 rings (SSSR count). The molecule has 1 aliphatic carbocycles. The van der Waals surface area contributed by atoms with Crippen molar-refractivity contribution in [1.29, 1.82) is 0 Å². The maximum Gasteiger partial charge on any atom is 0.258 e. The second-order valence-electron chi connectivity index (χ2n) is 11.5. The van der Waals surface area contributed by atoms with Crippen molar-refractivity contribution in [2.24, 2.45) is 0 Å². The second kappa shape index (κ2) is 11.4. The van der Waals surface area contributed by atoms with Crippen molar-refractivity contribution in [2.75, 3.05) is 31.1 Å². The van der Waals surface area contributed by atoms with Crippen molar-refractivity contribution in [1.82, 2.24) is 29.6 Å². The highest BCUT2D eigenvalue weighted by Gasteiger charge is 2.26. The van der Waals surface area contributed by atoms with Gasteiger partial charge in [0.25, 0.3) is 5.91 Å². The molecule has 2 aliphatic rings. The van der Waals surface area contributed by atoms with E-state index in [0.29, 0.717) is 27.6 Å². The summed E-state index contributed by atoms with van der Waals surface area (Å²) in [7, 11) is 0. The lowest BCUT2D eigenvalue weighted by Crippen LogP contribution is -2.39. The number of rotatable bonds is 5. The van der Waals surface area contributed by atoms with Gasteiger partial charge in [-0.25, -0.2) is 4.98 Å². The number of amides is 1.